The molecular weight excluding hydrogens is 514 g/mol. The van der Waals surface area contributed by atoms with Gasteiger partial charge < -0.3 is 26.6 Å². The van der Waals surface area contributed by atoms with Crippen molar-refractivity contribution in [3.05, 3.63) is 12.2 Å². The van der Waals surface area contributed by atoms with Crippen molar-refractivity contribution < 1.29 is 28.8 Å². The fraction of sp³-hybridized carbons (Fsp3) is 0.724. The lowest BCUT2D eigenvalue weighted by Crippen LogP contribution is -2.59. The van der Waals surface area contributed by atoms with E-state index in [1.165, 1.54) is 4.90 Å². The minimum absolute atomic E-state index is 0.00116. The highest BCUT2D eigenvalue weighted by molar-refractivity contribution is 6.37. The Morgan fingerprint density at radius 3 is 2.17 bits per heavy atom. The molecule has 0 radical (unpaired) electrons. The lowest BCUT2D eigenvalue weighted by Gasteiger charge is -2.35. The highest BCUT2D eigenvalue weighted by atomic mass is 16.2. The zero-order valence-corrected chi connectivity index (χ0v) is 24.6. The maximum absolute atomic E-state index is 13.9. The Morgan fingerprint density at radius 2 is 1.68 bits per heavy atom. The summed E-state index contributed by atoms with van der Waals surface area (Å²) in [7, 11) is 0. The first-order chi connectivity index (χ1) is 18.4. The molecule has 0 bridgehead atoms. The van der Waals surface area contributed by atoms with Gasteiger partial charge in [-0.2, -0.15) is 0 Å². The number of piperidine rings is 1. The van der Waals surface area contributed by atoms with E-state index in [1.54, 1.807) is 27.7 Å². The molecule has 3 fully saturated rings. The number of allylic oxidation sites excluding steroid dienone is 1. The molecule has 40 heavy (non-hydrogen) atoms. The first-order valence-corrected chi connectivity index (χ1v) is 14.2. The zero-order valence-electron chi connectivity index (χ0n) is 24.6. The number of nitrogens with one attached hydrogen (secondary N) is 3. The van der Waals surface area contributed by atoms with Crippen LogP contribution in [0.4, 0.5) is 4.79 Å². The van der Waals surface area contributed by atoms with Crippen LogP contribution in [0.2, 0.25) is 0 Å². The summed E-state index contributed by atoms with van der Waals surface area (Å²) in [6.45, 7) is 15.0. The van der Waals surface area contributed by atoms with E-state index in [0.717, 1.165) is 19.3 Å². The van der Waals surface area contributed by atoms with Gasteiger partial charge >= 0.3 is 6.03 Å². The molecule has 5 atom stereocenters. The molecule has 222 valence electrons. The van der Waals surface area contributed by atoms with Gasteiger partial charge in [0.15, 0.2) is 5.78 Å². The molecule has 0 aromatic rings. The molecule has 0 aromatic carbocycles. The van der Waals surface area contributed by atoms with Crippen molar-refractivity contribution in [1.82, 2.24) is 20.9 Å². The summed E-state index contributed by atoms with van der Waals surface area (Å²) in [6, 6.07) is -3.55. The smallest absolute Gasteiger partial charge is 0.315 e. The van der Waals surface area contributed by atoms with Crippen LogP contribution in [0.1, 0.15) is 80.1 Å². The Kier molecular flexibility index (Phi) is 9.16. The number of rotatable bonds is 12. The van der Waals surface area contributed by atoms with Crippen LogP contribution in [-0.4, -0.2) is 70.4 Å². The molecule has 1 aliphatic heterocycles. The molecule has 5 amide bonds. The van der Waals surface area contributed by atoms with Gasteiger partial charge in [-0.3, -0.25) is 24.0 Å². The van der Waals surface area contributed by atoms with Gasteiger partial charge in [-0.05, 0) is 69.3 Å². The molecule has 2 saturated carbocycles. The fourth-order valence-corrected chi connectivity index (χ4v) is 6.02. The van der Waals surface area contributed by atoms with Crippen molar-refractivity contribution in [2.24, 2.45) is 28.9 Å². The van der Waals surface area contributed by atoms with E-state index in [1.807, 2.05) is 13.8 Å². The summed E-state index contributed by atoms with van der Waals surface area (Å²) in [4.78, 5) is 78.4. The number of ketones is 2. The number of hydrogen-bond acceptors (Lipinski definition) is 6. The molecule has 5 N–H and O–H groups in total. The number of nitrogens with zero attached hydrogens (tertiary/aromatic N) is 1. The number of urea groups is 1. The number of carbonyl (C=O) groups is 6. The molecule has 11 heteroatoms. The van der Waals surface area contributed by atoms with Gasteiger partial charge in [-0.1, -0.05) is 39.7 Å². The third kappa shape index (κ3) is 7.09. The van der Waals surface area contributed by atoms with Crippen molar-refractivity contribution in [2.75, 3.05) is 6.54 Å². The average molecular weight is 560 g/mol. The number of fused-ring (bicyclic) bond motifs is 1. The van der Waals surface area contributed by atoms with Gasteiger partial charge in [-0.25, -0.2) is 4.79 Å². The molecular formula is C29H45N5O6. The third-order valence-corrected chi connectivity index (χ3v) is 8.66. The Hall–Kier alpha value is -3.24. The Bertz CT molecular complexity index is 1090. The van der Waals surface area contributed by atoms with Crippen molar-refractivity contribution in [3.8, 4) is 0 Å². The van der Waals surface area contributed by atoms with Crippen molar-refractivity contribution in [1.29, 1.82) is 0 Å². The van der Waals surface area contributed by atoms with E-state index >= 15 is 0 Å². The summed E-state index contributed by atoms with van der Waals surface area (Å²) in [5.41, 5.74) is 4.87. The number of hydrogen-bond donors (Lipinski definition) is 4. The highest BCUT2D eigenvalue weighted by Gasteiger charge is 2.69. The van der Waals surface area contributed by atoms with Gasteiger partial charge in [0.2, 0.25) is 17.6 Å². The predicted octanol–water partition coefficient (Wildman–Crippen LogP) is 1.59. The lowest BCUT2D eigenvalue weighted by molar-refractivity contribution is -0.144. The second-order valence-electron chi connectivity index (χ2n) is 13.4. The van der Waals surface area contributed by atoms with Crippen LogP contribution >= 0.6 is 0 Å². The summed E-state index contributed by atoms with van der Waals surface area (Å²) in [6.07, 6.45) is 3.22. The minimum atomic E-state index is -1.11. The topological polar surface area (TPSA) is 168 Å². The number of Topliss-reactive ketones (excluding diaryl/α,β-unsaturated/α-hetero) is 2. The fourth-order valence-electron chi connectivity index (χ4n) is 6.02. The van der Waals surface area contributed by atoms with Crippen LogP contribution in [0.15, 0.2) is 12.2 Å². The highest BCUT2D eigenvalue weighted by Crippen LogP contribution is 2.65. The average Bonchev–Trinajstić information content (AvgIpc) is 3.14. The number of nitrogens with two attached hydrogens (primary N) is 1. The van der Waals surface area contributed by atoms with Gasteiger partial charge in [0, 0.05) is 18.5 Å². The molecule has 1 heterocycles. The van der Waals surface area contributed by atoms with Crippen LogP contribution in [0.25, 0.3) is 0 Å². The Labute approximate surface area is 236 Å². The number of primary amides is 1. The van der Waals surface area contributed by atoms with Gasteiger partial charge in [0.25, 0.3) is 5.91 Å². The van der Waals surface area contributed by atoms with Crippen LogP contribution in [-0.2, 0) is 24.0 Å². The Balaban J connectivity index is 1.83. The molecule has 0 aromatic heterocycles. The van der Waals surface area contributed by atoms with Gasteiger partial charge in [-0.15, -0.1) is 0 Å². The van der Waals surface area contributed by atoms with Crippen LogP contribution < -0.4 is 21.7 Å². The quantitative estimate of drug-likeness (QED) is 0.209. The van der Waals surface area contributed by atoms with E-state index in [9.17, 15) is 28.8 Å². The molecule has 3 rings (SSSR count). The SMILES string of the molecule is C=C(C)C(=O)CC[C@H](NC(=O)NC(C)(C)C)C(=O)N1C[C@H]2[C@@H]([C@H]1C(=O)NC(CC1CCC1)C(=O)C(N)=O)C2(C)C. The Morgan fingerprint density at radius 1 is 1.05 bits per heavy atom. The van der Waals surface area contributed by atoms with Crippen molar-refractivity contribution in [3.63, 3.8) is 0 Å². The maximum Gasteiger partial charge on any atom is 0.315 e. The van der Waals surface area contributed by atoms with E-state index < -0.39 is 53.2 Å². The molecule has 1 saturated heterocycles. The first kappa shape index (κ1) is 31.3. The van der Waals surface area contributed by atoms with E-state index in [4.69, 9.17) is 5.73 Å². The molecule has 1 unspecified atom stereocenters. The second kappa shape index (κ2) is 11.7. The van der Waals surface area contributed by atoms with Gasteiger partial charge in [0.1, 0.15) is 12.1 Å². The van der Waals surface area contributed by atoms with Crippen molar-refractivity contribution >= 4 is 35.3 Å². The standard InChI is InChI=1S/C29H45N5O6/c1-15(2)20(35)12-11-18(32-27(40)33-28(3,4)5)26(39)34-14-17-21(29(17,6)7)22(34)25(38)31-19(23(36)24(30)37)13-16-9-8-10-16/h16-19,21-22H,1,8-14H2,2-7H3,(H2,30,37)(H,31,38)(H2,32,33,40)/t17-,18-,19?,21-,22-/m0/s1. The normalized spacial score (nSPS) is 24.6. The van der Waals surface area contributed by atoms with Crippen LogP contribution in [0.5, 0.6) is 0 Å². The van der Waals surface area contributed by atoms with E-state index in [0.29, 0.717) is 18.5 Å². The van der Waals surface area contributed by atoms with Crippen LogP contribution in [0.3, 0.4) is 0 Å². The van der Waals surface area contributed by atoms with Crippen molar-refractivity contribution in [2.45, 2.75) is 104 Å². The maximum atomic E-state index is 13.9. The third-order valence-electron chi connectivity index (χ3n) is 8.66. The summed E-state index contributed by atoms with van der Waals surface area (Å²) in [5, 5.41) is 8.21. The number of likely N-dealkylation sites (tertiary alicyclic amines) is 1. The summed E-state index contributed by atoms with van der Waals surface area (Å²) < 4.78 is 0. The van der Waals surface area contributed by atoms with E-state index in [2.05, 4.69) is 22.5 Å². The van der Waals surface area contributed by atoms with Crippen LogP contribution in [0, 0.1) is 23.2 Å². The first-order valence-electron chi connectivity index (χ1n) is 14.2. The van der Waals surface area contributed by atoms with Gasteiger partial charge in [0.05, 0.1) is 6.04 Å². The zero-order chi connectivity index (χ0) is 30.2. The monoisotopic (exact) mass is 559 g/mol. The number of carbonyl (C=O) groups excluding carboxylic acids is 6. The molecule has 11 nitrogen and oxygen atoms in total. The second-order valence-corrected chi connectivity index (χ2v) is 13.4. The molecule has 3 aliphatic rings. The largest absolute Gasteiger partial charge is 0.363 e. The minimum Gasteiger partial charge on any atom is -0.363 e. The lowest BCUT2D eigenvalue weighted by atomic mass is 9.80. The number of amides is 5. The summed E-state index contributed by atoms with van der Waals surface area (Å²) >= 11 is 0. The molecule has 0 spiro atoms. The predicted molar refractivity (Wildman–Crippen MR) is 149 cm³/mol. The summed E-state index contributed by atoms with van der Waals surface area (Å²) in [5.74, 6) is -3.03. The molecule has 2 aliphatic carbocycles. The van der Waals surface area contributed by atoms with E-state index in [-0.39, 0.29) is 41.8 Å².